The van der Waals surface area contributed by atoms with Gasteiger partial charge in [0.05, 0.1) is 6.20 Å². The first-order chi connectivity index (χ1) is 12.5. The molecule has 0 bridgehead atoms. The van der Waals surface area contributed by atoms with Gasteiger partial charge in [0.1, 0.15) is 12.0 Å². The minimum Gasteiger partial charge on any atom is -0.501 e. The van der Waals surface area contributed by atoms with Crippen molar-refractivity contribution in [3.63, 3.8) is 0 Å². The van der Waals surface area contributed by atoms with Gasteiger partial charge in [-0.1, -0.05) is 5.16 Å². The summed E-state index contributed by atoms with van der Waals surface area (Å²) >= 11 is 0. The van der Waals surface area contributed by atoms with Gasteiger partial charge in [-0.15, -0.1) is 0 Å². The topological polar surface area (TPSA) is 134 Å². The van der Waals surface area contributed by atoms with E-state index < -0.39 is 17.2 Å². The summed E-state index contributed by atoms with van der Waals surface area (Å²) in [5.74, 6) is -1.16. The van der Waals surface area contributed by atoms with E-state index in [2.05, 4.69) is 20.0 Å². The molecule has 0 saturated carbocycles. The Balaban J connectivity index is 1.99. The van der Waals surface area contributed by atoms with Crippen LogP contribution in [0, 0.1) is 0 Å². The molecule has 0 radical (unpaired) electrons. The highest BCUT2D eigenvalue weighted by atomic mass is 16.5. The molecule has 1 fully saturated rings. The summed E-state index contributed by atoms with van der Waals surface area (Å²) < 4.78 is 5.86. The quantitative estimate of drug-likeness (QED) is 0.698. The fourth-order valence-corrected chi connectivity index (χ4v) is 3.16. The van der Waals surface area contributed by atoms with Gasteiger partial charge in [-0.3, -0.25) is 14.2 Å². The number of hydrogen-bond acceptors (Lipinski definition) is 8. The highest BCUT2D eigenvalue weighted by Gasteiger charge is 2.28. The number of nitrogens with one attached hydrogen (secondary N) is 1. The second-order valence-corrected chi connectivity index (χ2v) is 6.20. The van der Waals surface area contributed by atoms with Crippen LogP contribution in [0.25, 0.3) is 0 Å². The minimum atomic E-state index is -0.736. The molecule has 1 aliphatic rings. The van der Waals surface area contributed by atoms with Crippen LogP contribution < -0.4 is 15.8 Å². The normalized spacial score (nSPS) is 17.3. The zero-order chi connectivity index (χ0) is 18.7. The van der Waals surface area contributed by atoms with E-state index in [-0.39, 0.29) is 24.0 Å². The molecular formula is C16H21N5O5. The molecule has 1 amide bonds. The molecule has 0 spiro atoms. The van der Waals surface area contributed by atoms with Crippen molar-refractivity contribution < 1.29 is 19.5 Å². The molecule has 0 unspecified atom stereocenters. The fraction of sp³-hybridized carbons (Fsp3) is 0.500. The molecule has 3 rings (SSSR count). The molecule has 2 aromatic rings. The lowest BCUT2D eigenvalue weighted by molar-refractivity contribution is 0.101. The van der Waals surface area contributed by atoms with Crippen LogP contribution in [0.15, 0.2) is 21.8 Å². The number of piperidine rings is 1. The van der Waals surface area contributed by atoms with Crippen LogP contribution in [0.1, 0.15) is 36.2 Å². The van der Waals surface area contributed by atoms with Crippen LogP contribution in [0.3, 0.4) is 0 Å². The number of amides is 1. The second kappa shape index (κ2) is 7.56. The van der Waals surface area contributed by atoms with E-state index in [1.54, 1.807) is 0 Å². The van der Waals surface area contributed by atoms with Crippen molar-refractivity contribution in [2.45, 2.75) is 31.7 Å². The fourth-order valence-electron chi connectivity index (χ4n) is 3.16. The summed E-state index contributed by atoms with van der Waals surface area (Å²) in [6.45, 7) is 0.677. The third-order valence-corrected chi connectivity index (χ3v) is 4.49. The van der Waals surface area contributed by atoms with Gasteiger partial charge in [-0.25, -0.2) is 4.98 Å². The number of rotatable bonds is 5. The van der Waals surface area contributed by atoms with Crippen LogP contribution in [-0.4, -0.2) is 50.0 Å². The lowest BCUT2D eigenvalue weighted by atomic mass is 10.00. The molecule has 0 aromatic carbocycles. The molecule has 26 heavy (non-hydrogen) atoms. The van der Waals surface area contributed by atoms with Gasteiger partial charge in [-0.2, -0.15) is 0 Å². The predicted octanol–water partition coefficient (Wildman–Crippen LogP) is 0.467. The van der Waals surface area contributed by atoms with Crippen LogP contribution >= 0.6 is 0 Å². The summed E-state index contributed by atoms with van der Waals surface area (Å²) in [4.78, 5) is 31.0. The average molecular weight is 363 g/mol. The lowest BCUT2D eigenvalue weighted by Gasteiger charge is -2.37. The van der Waals surface area contributed by atoms with Crippen LogP contribution in [0.5, 0.6) is 5.75 Å². The Labute approximate surface area is 149 Å². The molecule has 1 saturated heterocycles. The van der Waals surface area contributed by atoms with Crippen molar-refractivity contribution in [1.29, 1.82) is 0 Å². The van der Waals surface area contributed by atoms with Crippen molar-refractivity contribution in [3.05, 3.63) is 28.5 Å². The minimum absolute atomic E-state index is 0.0189. The molecule has 10 nitrogen and oxygen atoms in total. The number of hydrogen-bond donors (Lipinski definition) is 3. The van der Waals surface area contributed by atoms with Gasteiger partial charge in [0.15, 0.2) is 5.69 Å². The highest BCUT2D eigenvalue weighted by Crippen LogP contribution is 2.26. The largest absolute Gasteiger partial charge is 0.501 e. The molecule has 2 aromatic heterocycles. The predicted molar refractivity (Wildman–Crippen MR) is 92.3 cm³/mol. The van der Waals surface area contributed by atoms with Gasteiger partial charge in [0.2, 0.25) is 11.7 Å². The van der Waals surface area contributed by atoms with Crippen LogP contribution in [0.2, 0.25) is 0 Å². The summed E-state index contributed by atoms with van der Waals surface area (Å²) in [6.07, 6.45) is 5.85. The van der Waals surface area contributed by atoms with Gasteiger partial charge in [0, 0.05) is 26.2 Å². The van der Waals surface area contributed by atoms with E-state index in [0.717, 1.165) is 19.3 Å². The van der Waals surface area contributed by atoms with Crippen LogP contribution in [0.4, 0.5) is 11.6 Å². The molecule has 1 atom stereocenters. The zero-order valence-electron chi connectivity index (χ0n) is 14.4. The molecule has 3 heterocycles. The highest BCUT2D eigenvalue weighted by molar-refractivity contribution is 6.04. The smallest absolute Gasteiger partial charge is 0.297 e. The molecular weight excluding hydrogens is 342 g/mol. The van der Waals surface area contributed by atoms with Crippen molar-refractivity contribution in [1.82, 2.24) is 14.7 Å². The summed E-state index contributed by atoms with van der Waals surface area (Å²) in [5, 5.41) is 25.4. The third-order valence-electron chi connectivity index (χ3n) is 4.49. The molecule has 140 valence electrons. The Morgan fingerprint density at radius 3 is 2.96 bits per heavy atom. The standard InChI is InChI=1S/C16H21N5O5/c1-20-15(25)13(23)12(14(24)18-10-8-17-26-9-10)19-16(20)21-6-3-2-4-11(21)5-7-22/h8-9,11,22-23H,2-7H2,1H3,(H,18,24)/t11-/m1/s1. The summed E-state index contributed by atoms with van der Waals surface area (Å²) in [7, 11) is 1.50. The number of anilines is 2. The van der Waals surface area contributed by atoms with E-state index in [1.807, 2.05) is 4.90 Å². The van der Waals surface area contributed by atoms with Gasteiger partial charge in [-0.05, 0) is 25.7 Å². The molecule has 3 N–H and O–H groups in total. The maximum Gasteiger partial charge on any atom is 0.297 e. The Morgan fingerprint density at radius 1 is 1.46 bits per heavy atom. The van der Waals surface area contributed by atoms with Crippen LogP contribution in [-0.2, 0) is 7.05 Å². The maximum absolute atomic E-state index is 12.4. The first-order valence-corrected chi connectivity index (χ1v) is 8.41. The molecule has 10 heteroatoms. The molecule has 0 aliphatic carbocycles. The second-order valence-electron chi connectivity index (χ2n) is 6.20. The summed E-state index contributed by atoms with van der Waals surface area (Å²) in [5.41, 5.74) is -0.786. The van der Waals surface area contributed by atoms with Gasteiger partial charge < -0.3 is 25.0 Å². The van der Waals surface area contributed by atoms with Gasteiger partial charge in [0.25, 0.3) is 11.5 Å². The van der Waals surface area contributed by atoms with Crippen molar-refractivity contribution >= 4 is 17.5 Å². The number of carbonyl (C=O) groups is 1. The zero-order valence-corrected chi connectivity index (χ0v) is 14.4. The van der Waals surface area contributed by atoms with E-state index in [4.69, 9.17) is 0 Å². The number of aliphatic hydroxyl groups is 1. The number of aromatic hydroxyl groups is 1. The molecule has 1 aliphatic heterocycles. The monoisotopic (exact) mass is 363 g/mol. The average Bonchev–Trinajstić information content (AvgIpc) is 3.14. The Hall–Kier alpha value is -2.88. The van der Waals surface area contributed by atoms with Crippen molar-refractivity contribution in [3.8, 4) is 5.75 Å². The summed E-state index contributed by atoms with van der Waals surface area (Å²) in [6, 6.07) is 0.0189. The Bertz CT molecular complexity index is 830. The van der Waals surface area contributed by atoms with E-state index in [1.165, 1.54) is 24.1 Å². The van der Waals surface area contributed by atoms with Gasteiger partial charge >= 0.3 is 0 Å². The number of carbonyl (C=O) groups excluding carboxylic acids is 1. The first kappa shape index (κ1) is 17.9. The van der Waals surface area contributed by atoms with Crippen molar-refractivity contribution in [2.75, 3.05) is 23.4 Å². The Kier molecular flexibility index (Phi) is 5.21. The first-order valence-electron chi connectivity index (χ1n) is 8.41. The SMILES string of the molecule is Cn1c(N2CCCC[C@@H]2CCO)nc(C(=O)Nc2cnoc2)c(O)c1=O. The Morgan fingerprint density at radius 2 is 2.27 bits per heavy atom. The third kappa shape index (κ3) is 3.40. The van der Waals surface area contributed by atoms with Crippen molar-refractivity contribution in [2.24, 2.45) is 7.05 Å². The maximum atomic E-state index is 12.4. The van der Waals surface area contributed by atoms with E-state index in [9.17, 15) is 19.8 Å². The lowest BCUT2D eigenvalue weighted by Crippen LogP contribution is -2.44. The van der Waals surface area contributed by atoms with E-state index >= 15 is 0 Å². The number of aliphatic hydroxyl groups excluding tert-OH is 1. The van der Waals surface area contributed by atoms with E-state index in [0.29, 0.717) is 18.9 Å². The number of aromatic nitrogens is 3. The number of nitrogens with zero attached hydrogens (tertiary/aromatic N) is 4.